The molecule has 1 atom stereocenters. The zero-order valence-corrected chi connectivity index (χ0v) is 10.8. The maximum absolute atomic E-state index is 5.97. The van der Waals surface area contributed by atoms with Crippen LogP contribution in [0.5, 0.6) is 0 Å². The Morgan fingerprint density at radius 2 is 2.18 bits per heavy atom. The third-order valence-corrected chi connectivity index (χ3v) is 2.34. The summed E-state index contributed by atoms with van der Waals surface area (Å²) < 4.78 is 12.1. The Bertz CT molecular complexity index is 314. The summed E-state index contributed by atoms with van der Waals surface area (Å²) in [5.41, 5.74) is 5.97. The largest absolute Gasteiger partial charge is 0.382 e. The van der Waals surface area contributed by atoms with E-state index in [0.29, 0.717) is 32.3 Å². The molecule has 0 spiro atoms. The van der Waals surface area contributed by atoms with Gasteiger partial charge >= 0.3 is 0 Å². The van der Waals surface area contributed by atoms with Crippen molar-refractivity contribution in [1.29, 1.82) is 0 Å². The zero-order chi connectivity index (χ0) is 12.7. The van der Waals surface area contributed by atoms with Gasteiger partial charge in [-0.05, 0) is 13.8 Å². The van der Waals surface area contributed by atoms with Gasteiger partial charge in [0.15, 0.2) is 0 Å². The van der Waals surface area contributed by atoms with E-state index in [4.69, 9.17) is 15.2 Å². The second-order valence-electron chi connectivity index (χ2n) is 4.25. The smallest absolute Gasteiger partial charge is 0.138 e. The van der Waals surface area contributed by atoms with Crippen LogP contribution in [0, 0.1) is 0 Å². The summed E-state index contributed by atoms with van der Waals surface area (Å²) in [6, 6.07) is 0.239. The van der Waals surface area contributed by atoms with Crippen molar-refractivity contribution >= 4 is 0 Å². The number of nitrogens with two attached hydrogens (primary N) is 1. The van der Waals surface area contributed by atoms with Gasteiger partial charge in [-0.3, -0.25) is 0 Å². The number of nitrogens with zero attached hydrogens (tertiary/aromatic N) is 3. The van der Waals surface area contributed by atoms with E-state index in [0.717, 1.165) is 5.82 Å². The van der Waals surface area contributed by atoms with E-state index in [9.17, 15) is 0 Å². The first-order chi connectivity index (χ1) is 8.15. The van der Waals surface area contributed by atoms with Gasteiger partial charge < -0.3 is 15.2 Å². The Labute approximate surface area is 102 Å². The molecule has 0 bridgehead atoms. The summed E-state index contributed by atoms with van der Waals surface area (Å²) in [6.45, 7) is 5.81. The standard InChI is InChI=1S/C11H22N4O2/c1-9(2)15-11(13-8-14-15)6-10(12)7-17-5-4-16-3/h8-10H,4-7,12H2,1-3H3. The quantitative estimate of drug-likeness (QED) is 0.667. The van der Waals surface area contributed by atoms with Crippen molar-refractivity contribution in [3.63, 3.8) is 0 Å². The summed E-state index contributed by atoms with van der Waals surface area (Å²) in [4.78, 5) is 4.21. The lowest BCUT2D eigenvalue weighted by molar-refractivity contribution is 0.0633. The molecule has 0 amide bonds. The highest BCUT2D eigenvalue weighted by atomic mass is 16.5. The summed E-state index contributed by atoms with van der Waals surface area (Å²) in [6.07, 6.45) is 2.24. The van der Waals surface area contributed by atoms with Crippen LogP contribution < -0.4 is 5.73 Å². The predicted octanol–water partition coefficient (Wildman–Crippen LogP) is 0.392. The molecule has 0 aliphatic rings. The first-order valence-electron chi connectivity index (χ1n) is 5.85. The van der Waals surface area contributed by atoms with Crippen LogP contribution in [0.2, 0.25) is 0 Å². The number of hydrogen-bond acceptors (Lipinski definition) is 5. The summed E-state index contributed by atoms with van der Waals surface area (Å²) >= 11 is 0. The van der Waals surface area contributed by atoms with E-state index in [1.807, 2.05) is 4.68 Å². The minimum Gasteiger partial charge on any atom is -0.382 e. The maximum atomic E-state index is 5.97. The molecule has 0 saturated carbocycles. The molecule has 98 valence electrons. The number of aromatic nitrogens is 3. The van der Waals surface area contributed by atoms with Crippen molar-refractivity contribution in [2.45, 2.75) is 32.4 Å². The molecule has 1 aromatic rings. The van der Waals surface area contributed by atoms with E-state index in [2.05, 4.69) is 23.9 Å². The second kappa shape index (κ2) is 7.37. The van der Waals surface area contributed by atoms with Gasteiger partial charge in [-0.25, -0.2) is 9.67 Å². The van der Waals surface area contributed by atoms with E-state index < -0.39 is 0 Å². The molecule has 0 aliphatic heterocycles. The topological polar surface area (TPSA) is 75.2 Å². The van der Waals surface area contributed by atoms with Crippen molar-refractivity contribution in [2.24, 2.45) is 5.73 Å². The Morgan fingerprint density at radius 3 is 2.82 bits per heavy atom. The molecule has 0 aliphatic carbocycles. The Balaban J connectivity index is 2.34. The molecule has 6 nitrogen and oxygen atoms in total. The molecule has 0 radical (unpaired) electrons. The molecule has 1 rings (SSSR count). The molecule has 0 saturated heterocycles. The van der Waals surface area contributed by atoms with Crippen molar-refractivity contribution in [2.75, 3.05) is 26.9 Å². The Kier molecular flexibility index (Phi) is 6.10. The number of hydrogen-bond donors (Lipinski definition) is 1. The highest BCUT2D eigenvalue weighted by Crippen LogP contribution is 2.06. The normalized spacial score (nSPS) is 13.2. The van der Waals surface area contributed by atoms with E-state index in [1.54, 1.807) is 13.4 Å². The number of methoxy groups -OCH3 is 1. The first kappa shape index (κ1) is 14.1. The Hall–Kier alpha value is -0.980. The van der Waals surface area contributed by atoms with Crippen LogP contribution in [0.1, 0.15) is 25.7 Å². The molecule has 1 aromatic heterocycles. The van der Waals surface area contributed by atoms with Crippen LogP contribution in [0.25, 0.3) is 0 Å². The minimum absolute atomic E-state index is 0.0615. The number of ether oxygens (including phenoxy) is 2. The lowest BCUT2D eigenvalue weighted by Crippen LogP contribution is -2.31. The summed E-state index contributed by atoms with van der Waals surface area (Å²) in [5, 5.41) is 4.17. The molecule has 6 heteroatoms. The highest BCUT2D eigenvalue weighted by Gasteiger charge is 2.12. The fraction of sp³-hybridized carbons (Fsp3) is 0.818. The van der Waals surface area contributed by atoms with Gasteiger partial charge in [-0.15, -0.1) is 0 Å². The van der Waals surface area contributed by atoms with Gasteiger partial charge in [0, 0.05) is 25.6 Å². The van der Waals surface area contributed by atoms with Gasteiger partial charge in [0.25, 0.3) is 0 Å². The van der Waals surface area contributed by atoms with Crippen LogP contribution in [-0.4, -0.2) is 47.7 Å². The SMILES string of the molecule is COCCOCC(N)Cc1ncnn1C(C)C. The molecule has 1 unspecified atom stereocenters. The first-order valence-corrected chi connectivity index (χ1v) is 5.85. The average molecular weight is 242 g/mol. The summed E-state index contributed by atoms with van der Waals surface area (Å²) in [5.74, 6) is 0.905. The van der Waals surface area contributed by atoms with Crippen LogP contribution in [0.3, 0.4) is 0 Å². The lowest BCUT2D eigenvalue weighted by Gasteiger charge is -2.14. The van der Waals surface area contributed by atoms with E-state index in [-0.39, 0.29) is 6.04 Å². The van der Waals surface area contributed by atoms with Gasteiger partial charge in [0.1, 0.15) is 12.2 Å². The van der Waals surface area contributed by atoms with Gasteiger partial charge in [-0.1, -0.05) is 0 Å². The summed E-state index contributed by atoms with van der Waals surface area (Å²) in [7, 11) is 1.65. The monoisotopic (exact) mass is 242 g/mol. The average Bonchev–Trinajstić information content (AvgIpc) is 2.72. The molecule has 0 fully saturated rings. The van der Waals surface area contributed by atoms with Crippen LogP contribution >= 0.6 is 0 Å². The molecule has 1 heterocycles. The molecule has 17 heavy (non-hydrogen) atoms. The third-order valence-electron chi connectivity index (χ3n) is 2.34. The number of rotatable bonds is 8. The van der Waals surface area contributed by atoms with Crippen molar-refractivity contribution in [3.8, 4) is 0 Å². The lowest BCUT2D eigenvalue weighted by atomic mass is 10.2. The fourth-order valence-electron chi connectivity index (χ4n) is 1.52. The zero-order valence-electron chi connectivity index (χ0n) is 10.8. The van der Waals surface area contributed by atoms with Gasteiger partial charge in [0.05, 0.1) is 19.8 Å². The fourth-order valence-corrected chi connectivity index (χ4v) is 1.52. The van der Waals surface area contributed by atoms with Crippen molar-refractivity contribution in [3.05, 3.63) is 12.2 Å². The molecular formula is C11H22N4O2. The molecule has 2 N–H and O–H groups in total. The Morgan fingerprint density at radius 1 is 1.41 bits per heavy atom. The third kappa shape index (κ3) is 4.80. The van der Waals surface area contributed by atoms with Crippen LogP contribution in [0.15, 0.2) is 6.33 Å². The van der Waals surface area contributed by atoms with E-state index >= 15 is 0 Å². The highest BCUT2D eigenvalue weighted by molar-refractivity contribution is 4.90. The van der Waals surface area contributed by atoms with E-state index in [1.165, 1.54) is 0 Å². The molecule has 0 aromatic carbocycles. The second-order valence-corrected chi connectivity index (χ2v) is 4.25. The van der Waals surface area contributed by atoms with Gasteiger partial charge in [-0.2, -0.15) is 5.10 Å². The van der Waals surface area contributed by atoms with Crippen LogP contribution in [0.4, 0.5) is 0 Å². The van der Waals surface area contributed by atoms with Gasteiger partial charge in [0.2, 0.25) is 0 Å². The van der Waals surface area contributed by atoms with Crippen molar-refractivity contribution in [1.82, 2.24) is 14.8 Å². The molecular weight excluding hydrogens is 220 g/mol. The van der Waals surface area contributed by atoms with Crippen molar-refractivity contribution < 1.29 is 9.47 Å². The van der Waals surface area contributed by atoms with Crippen LogP contribution in [-0.2, 0) is 15.9 Å². The predicted molar refractivity (Wildman–Crippen MR) is 64.8 cm³/mol. The minimum atomic E-state index is -0.0615. The maximum Gasteiger partial charge on any atom is 0.138 e.